The summed E-state index contributed by atoms with van der Waals surface area (Å²) in [6.45, 7) is 4.08. The predicted octanol–water partition coefficient (Wildman–Crippen LogP) is 4.98. The number of nitrogens with zero attached hydrogens (tertiary/aromatic N) is 1. The van der Waals surface area contributed by atoms with E-state index in [9.17, 15) is 4.79 Å². The van der Waals surface area contributed by atoms with Crippen LogP contribution in [0.15, 0.2) is 60.7 Å². The summed E-state index contributed by atoms with van der Waals surface area (Å²) in [6, 6.07) is 19.6. The molecule has 0 saturated carbocycles. The quantitative estimate of drug-likeness (QED) is 0.663. The first kappa shape index (κ1) is 17.1. The van der Waals surface area contributed by atoms with Crippen molar-refractivity contribution in [3.05, 3.63) is 77.4 Å². The number of nitrogens with one attached hydrogen (secondary N) is 1. The number of carbonyl (C=O) groups is 1. The number of benzene rings is 3. The number of aryl methyl sites for hydroxylation is 2. The number of urea groups is 1. The van der Waals surface area contributed by atoms with Crippen LogP contribution in [-0.2, 0) is 0 Å². The van der Waals surface area contributed by atoms with Gasteiger partial charge in [0.1, 0.15) is 4.99 Å². The monoisotopic (exact) mass is 348 g/mol. The van der Waals surface area contributed by atoms with Crippen molar-refractivity contribution in [1.29, 1.82) is 0 Å². The predicted molar refractivity (Wildman–Crippen MR) is 108 cm³/mol. The second-order valence-electron chi connectivity index (χ2n) is 6.11. The van der Waals surface area contributed by atoms with Crippen LogP contribution in [0.25, 0.3) is 10.8 Å². The zero-order valence-corrected chi connectivity index (χ0v) is 15.4. The summed E-state index contributed by atoms with van der Waals surface area (Å²) in [5.74, 6) is 0. The summed E-state index contributed by atoms with van der Waals surface area (Å²) in [6.07, 6.45) is 0. The third-order valence-electron chi connectivity index (χ3n) is 4.44. The van der Waals surface area contributed by atoms with E-state index in [1.807, 2.05) is 67.6 Å². The number of carbonyl (C=O) groups excluding carboxylic acids is 1. The second-order valence-corrected chi connectivity index (χ2v) is 6.52. The molecule has 3 nitrogen and oxygen atoms in total. The number of thiocarbonyl (C=S) groups is 1. The van der Waals surface area contributed by atoms with Crippen LogP contribution in [0.1, 0.15) is 16.7 Å². The molecule has 0 saturated heterocycles. The van der Waals surface area contributed by atoms with E-state index < -0.39 is 0 Å². The van der Waals surface area contributed by atoms with E-state index in [1.165, 1.54) is 5.56 Å². The largest absolute Gasteiger partial charge is 0.326 e. The molecule has 0 unspecified atom stereocenters. The Morgan fingerprint density at radius 1 is 0.960 bits per heavy atom. The van der Waals surface area contributed by atoms with Crippen molar-refractivity contribution in [2.75, 3.05) is 11.9 Å². The van der Waals surface area contributed by atoms with Crippen LogP contribution in [0, 0.1) is 13.8 Å². The first-order chi connectivity index (χ1) is 12.0. The van der Waals surface area contributed by atoms with Crippen LogP contribution < -0.4 is 10.2 Å². The van der Waals surface area contributed by atoms with E-state index in [2.05, 4.69) is 12.2 Å². The lowest BCUT2D eigenvalue weighted by molar-refractivity contribution is 0.252. The first-order valence-electron chi connectivity index (χ1n) is 8.11. The van der Waals surface area contributed by atoms with Gasteiger partial charge in [-0.05, 0) is 47.9 Å². The van der Waals surface area contributed by atoms with Crippen molar-refractivity contribution in [3.63, 3.8) is 0 Å². The van der Waals surface area contributed by atoms with E-state index in [1.54, 1.807) is 11.9 Å². The van der Waals surface area contributed by atoms with Crippen LogP contribution in [-0.4, -0.2) is 18.1 Å². The highest BCUT2D eigenvalue weighted by Crippen LogP contribution is 2.20. The van der Waals surface area contributed by atoms with Crippen LogP contribution >= 0.6 is 12.2 Å². The van der Waals surface area contributed by atoms with Crippen molar-refractivity contribution in [2.45, 2.75) is 13.8 Å². The minimum absolute atomic E-state index is 0.249. The Balaban J connectivity index is 1.82. The Hall–Kier alpha value is -2.72. The summed E-state index contributed by atoms with van der Waals surface area (Å²) in [5, 5.41) is 4.97. The van der Waals surface area contributed by atoms with Crippen LogP contribution in [0.5, 0.6) is 0 Å². The van der Waals surface area contributed by atoms with Crippen LogP contribution in [0.3, 0.4) is 0 Å². The summed E-state index contributed by atoms with van der Waals surface area (Å²) in [5.41, 5.74) is 4.04. The van der Waals surface area contributed by atoms with E-state index in [4.69, 9.17) is 12.2 Å². The molecule has 3 aromatic rings. The number of hydrogen-bond donors (Lipinski definition) is 1. The Labute approximate surface area is 153 Å². The van der Waals surface area contributed by atoms with Crippen molar-refractivity contribution in [3.8, 4) is 0 Å². The molecule has 0 aliphatic heterocycles. The molecular weight excluding hydrogens is 328 g/mol. The minimum Gasteiger partial charge on any atom is -0.298 e. The molecule has 0 heterocycles. The van der Waals surface area contributed by atoms with Gasteiger partial charge in [-0.25, -0.2) is 4.79 Å². The summed E-state index contributed by atoms with van der Waals surface area (Å²) in [7, 11) is 1.74. The lowest BCUT2D eigenvalue weighted by atomic mass is 10.0. The van der Waals surface area contributed by atoms with E-state index in [0.717, 1.165) is 27.6 Å². The van der Waals surface area contributed by atoms with E-state index >= 15 is 0 Å². The third kappa shape index (κ3) is 3.54. The van der Waals surface area contributed by atoms with Gasteiger partial charge in [-0.3, -0.25) is 10.2 Å². The average Bonchev–Trinajstić information content (AvgIpc) is 2.62. The molecule has 0 aliphatic rings. The van der Waals surface area contributed by atoms with Gasteiger partial charge in [0.15, 0.2) is 0 Å². The summed E-state index contributed by atoms with van der Waals surface area (Å²) in [4.78, 5) is 14.6. The fraction of sp³-hybridized carbons (Fsp3) is 0.143. The normalized spacial score (nSPS) is 10.5. The maximum atomic E-state index is 12.6. The molecule has 0 aromatic heterocycles. The molecular formula is C21H20N2OS. The summed E-state index contributed by atoms with van der Waals surface area (Å²) >= 11 is 5.48. The minimum atomic E-state index is -0.249. The van der Waals surface area contributed by atoms with Crippen LogP contribution in [0.4, 0.5) is 10.5 Å². The second kappa shape index (κ2) is 7.03. The summed E-state index contributed by atoms with van der Waals surface area (Å²) < 4.78 is 0. The number of hydrogen-bond acceptors (Lipinski definition) is 2. The molecule has 1 N–H and O–H groups in total. The van der Waals surface area contributed by atoms with Crippen molar-refractivity contribution in [1.82, 2.24) is 5.32 Å². The van der Waals surface area contributed by atoms with Crippen molar-refractivity contribution >= 4 is 39.7 Å². The topological polar surface area (TPSA) is 32.3 Å². The van der Waals surface area contributed by atoms with E-state index in [-0.39, 0.29) is 6.03 Å². The van der Waals surface area contributed by atoms with Gasteiger partial charge >= 0.3 is 6.03 Å². The molecule has 0 bridgehead atoms. The smallest absolute Gasteiger partial charge is 0.298 e. The average molecular weight is 348 g/mol. The molecule has 0 spiro atoms. The van der Waals surface area contributed by atoms with Gasteiger partial charge in [-0.15, -0.1) is 0 Å². The van der Waals surface area contributed by atoms with Gasteiger partial charge in [0.2, 0.25) is 0 Å². The standard InChI is InChI=1S/C21H20N2OS/c1-14-11-12-17(13-15(14)2)23(3)21(24)22-20(25)19-10-6-8-16-7-4-5-9-18(16)19/h4-13H,1-3H3,(H,22,24,25). The molecule has 25 heavy (non-hydrogen) atoms. The van der Waals surface area contributed by atoms with Gasteiger partial charge in [0, 0.05) is 18.3 Å². The third-order valence-corrected chi connectivity index (χ3v) is 4.76. The molecule has 3 rings (SSSR count). The number of fused-ring (bicyclic) bond motifs is 1. The Kier molecular flexibility index (Phi) is 4.81. The molecule has 0 atom stereocenters. The van der Waals surface area contributed by atoms with Crippen LogP contribution in [0.2, 0.25) is 0 Å². The molecule has 4 heteroatoms. The van der Waals surface area contributed by atoms with E-state index in [0.29, 0.717) is 4.99 Å². The number of rotatable bonds is 2. The Morgan fingerprint density at radius 2 is 1.68 bits per heavy atom. The maximum absolute atomic E-state index is 12.6. The zero-order valence-electron chi connectivity index (χ0n) is 14.5. The van der Waals surface area contributed by atoms with Gasteiger partial charge in [0.25, 0.3) is 0 Å². The van der Waals surface area contributed by atoms with Crippen molar-refractivity contribution in [2.24, 2.45) is 0 Å². The molecule has 0 aliphatic carbocycles. The first-order valence-corrected chi connectivity index (χ1v) is 8.52. The van der Waals surface area contributed by atoms with Gasteiger partial charge in [-0.1, -0.05) is 60.7 Å². The fourth-order valence-electron chi connectivity index (χ4n) is 2.72. The highest BCUT2D eigenvalue weighted by atomic mass is 32.1. The van der Waals surface area contributed by atoms with Gasteiger partial charge < -0.3 is 0 Å². The molecule has 0 fully saturated rings. The lowest BCUT2D eigenvalue weighted by Gasteiger charge is -2.20. The molecule has 2 amide bonds. The molecule has 3 aromatic carbocycles. The Morgan fingerprint density at radius 3 is 2.44 bits per heavy atom. The maximum Gasteiger partial charge on any atom is 0.326 e. The zero-order chi connectivity index (χ0) is 18.0. The van der Waals surface area contributed by atoms with Crippen molar-refractivity contribution < 1.29 is 4.79 Å². The highest BCUT2D eigenvalue weighted by molar-refractivity contribution is 7.80. The highest BCUT2D eigenvalue weighted by Gasteiger charge is 2.15. The Bertz CT molecular complexity index is 960. The van der Waals surface area contributed by atoms with Gasteiger partial charge in [-0.2, -0.15) is 0 Å². The van der Waals surface area contributed by atoms with Gasteiger partial charge in [0.05, 0.1) is 0 Å². The number of anilines is 1. The SMILES string of the molecule is Cc1ccc(N(C)C(=O)NC(=S)c2cccc3ccccc23)cc1C. The molecule has 0 radical (unpaired) electrons. The lowest BCUT2D eigenvalue weighted by Crippen LogP contribution is -2.40. The number of amides is 2. The molecule has 126 valence electrons. The fourth-order valence-corrected chi connectivity index (χ4v) is 2.99.